The van der Waals surface area contributed by atoms with E-state index < -0.39 is 10.0 Å². The molecular weight excluding hydrogens is 462 g/mol. The lowest BCUT2D eigenvalue weighted by atomic mass is 10.0. The second-order valence-electron chi connectivity index (χ2n) is 8.68. The van der Waals surface area contributed by atoms with Gasteiger partial charge in [-0.1, -0.05) is 13.8 Å². The standard InChI is InChI=1S/C23H29N3O5S2/c1-16-7-9-25(10-8-16)33(29,30)19-5-6-21-20(13-19)26(23(28)12-17(2)32-21)15-22(27)24-14-18-4-3-11-31-18/h3-6,11,13,16-17H,7-10,12,14-15H2,1-2H3,(H,24,27)/t17-/m0/s1. The molecule has 1 aromatic heterocycles. The van der Waals surface area contributed by atoms with Crippen molar-refractivity contribution in [1.82, 2.24) is 9.62 Å². The summed E-state index contributed by atoms with van der Waals surface area (Å²) in [7, 11) is -3.68. The molecule has 2 aliphatic rings. The van der Waals surface area contributed by atoms with Crippen LogP contribution in [0.2, 0.25) is 0 Å². The quantitative estimate of drug-likeness (QED) is 0.666. The molecule has 0 spiro atoms. The fraction of sp³-hybridized carbons (Fsp3) is 0.478. The number of rotatable bonds is 6. The SMILES string of the molecule is CC1CCN(S(=O)(=O)c2ccc3c(c2)N(CC(=O)NCc2ccco2)C(=O)C[C@H](C)S3)CC1. The average molecular weight is 492 g/mol. The third kappa shape index (κ3) is 5.44. The van der Waals surface area contributed by atoms with Crippen molar-refractivity contribution in [3.8, 4) is 0 Å². The number of sulfonamides is 1. The van der Waals surface area contributed by atoms with E-state index >= 15 is 0 Å². The molecule has 2 aliphatic heterocycles. The normalized spacial score (nSPS) is 20.4. The summed E-state index contributed by atoms with van der Waals surface area (Å²) >= 11 is 1.52. The van der Waals surface area contributed by atoms with Crippen LogP contribution in [0.25, 0.3) is 0 Å². The first-order valence-electron chi connectivity index (χ1n) is 11.1. The predicted molar refractivity (Wildman–Crippen MR) is 126 cm³/mol. The molecular formula is C23H29N3O5S2. The number of anilines is 1. The van der Waals surface area contributed by atoms with Crippen molar-refractivity contribution >= 4 is 39.3 Å². The molecule has 2 aromatic rings. The lowest BCUT2D eigenvalue weighted by molar-refractivity contribution is -0.124. The topological polar surface area (TPSA) is 99.9 Å². The van der Waals surface area contributed by atoms with E-state index in [1.807, 2.05) is 6.92 Å². The number of benzene rings is 1. The van der Waals surface area contributed by atoms with Gasteiger partial charge in [-0.15, -0.1) is 11.8 Å². The summed E-state index contributed by atoms with van der Waals surface area (Å²) in [4.78, 5) is 28.0. The minimum atomic E-state index is -3.68. The number of carbonyl (C=O) groups is 2. The molecule has 1 atom stereocenters. The van der Waals surface area contributed by atoms with Gasteiger partial charge in [0, 0.05) is 29.7 Å². The van der Waals surface area contributed by atoms with Gasteiger partial charge in [-0.3, -0.25) is 9.59 Å². The number of nitrogens with zero attached hydrogens (tertiary/aromatic N) is 2. The maximum Gasteiger partial charge on any atom is 0.243 e. The van der Waals surface area contributed by atoms with Crippen molar-refractivity contribution in [1.29, 1.82) is 0 Å². The van der Waals surface area contributed by atoms with Gasteiger partial charge >= 0.3 is 0 Å². The highest BCUT2D eigenvalue weighted by Crippen LogP contribution is 2.39. The van der Waals surface area contributed by atoms with Gasteiger partial charge < -0.3 is 14.6 Å². The number of hydrogen-bond acceptors (Lipinski definition) is 6. The van der Waals surface area contributed by atoms with E-state index in [4.69, 9.17) is 4.42 Å². The second kappa shape index (κ2) is 9.90. The van der Waals surface area contributed by atoms with E-state index in [1.165, 1.54) is 27.2 Å². The van der Waals surface area contributed by atoms with Crippen LogP contribution >= 0.6 is 11.8 Å². The van der Waals surface area contributed by atoms with Gasteiger partial charge in [0.1, 0.15) is 12.3 Å². The van der Waals surface area contributed by atoms with Gasteiger partial charge in [-0.05, 0) is 49.1 Å². The largest absolute Gasteiger partial charge is 0.467 e. The third-order valence-corrected chi connectivity index (χ3v) is 9.10. The van der Waals surface area contributed by atoms with Gasteiger partial charge in [0.05, 0.1) is 23.4 Å². The second-order valence-corrected chi connectivity index (χ2v) is 12.1. The van der Waals surface area contributed by atoms with Crippen molar-refractivity contribution in [2.75, 3.05) is 24.5 Å². The van der Waals surface area contributed by atoms with Crippen LogP contribution in [0.3, 0.4) is 0 Å². The fourth-order valence-electron chi connectivity index (χ4n) is 4.06. The molecule has 10 heteroatoms. The molecule has 1 saturated heterocycles. The van der Waals surface area contributed by atoms with E-state index in [-0.39, 0.29) is 41.5 Å². The van der Waals surface area contributed by atoms with E-state index in [2.05, 4.69) is 12.2 Å². The highest BCUT2D eigenvalue weighted by molar-refractivity contribution is 8.00. The first-order valence-corrected chi connectivity index (χ1v) is 13.5. The lowest BCUT2D eigenvalue weighted by Crippen LogP contribution is -2.41. The van der Waals surface area contributed by atoms with Crippen LogP contribution in [-0.2, 0) is 26.2 Å². The summed E-state index contributed by atoms with van der Waals surface area (Å²) in [5.41, 5.74) is 0.467. The summed E-state index contributed by atoms with van der Waals surface area (Å²) in [5, 5.41) is 2.77. The van der Waals surface area contributed by atoms with Crippen molar-refractivity contribution in [3.63, 3.8) is 0 Å². The van der Waals surface area contributed by atoms with Crippen molar-refractivity contribution in [2.24, 2.45) is 5.92 Å². The van der Waals surface area contributed by atoms with Crippen LogP contribution in [0.5, 0.6) is 0 Å². The maximum absolute atomic E-state index is 13.3. The highest BCUT2D eigenvalue weighted by atomic mass is 32.2. The predicted octanol–water partition coefficient (Wildman–Crippen LogP) is 3.23. The summed E-state index contributed by atoms with van der Waals surface area (Å²) in [6.07, 6.45) is 3.45. The molecule has 0 saturated carbocycles. The minimum absolute atomic E-state index is 0.0125. The van der Waals surface area contributed by atoms with Gasteiger partial charge in [0.25, 0.3) is 0 Å². The summed E-state index contributed by atoms with van der Waals surface area (Å²) in [6, 6.07) is 8.40. The smallest absolute Gasteiger partial charge is 0.243 e. The molecule has 8 nitrogen and oxygen atoms in total. The fourth-order valence-corrected chi connectivity index (χ4v) is 6.65. The molecule has 1 fully saturated rings. The molecule has 0 unspecified atom stereocenters. The number of thioether (sulfide) groups is 1. The van der Waals surface area contributed by atoms with Gasteiger partial charge in [-0.25, -0.2) is 8.42 Å². The van der Waals surface area contributed by atoms with Crippen molar-refractivity contribution < 1.29 is 22.4 Å². The van der Waals surface area contributed by atoms with Crippen LogP contribution in [-0.4, -0.2) is 49.4 Å². The number of fused-ring (bicyclic) bond motifs is 1. The third-order valence-electron chi connectivity index (χ3n) is 6.03. The first kappa shape index (κ1) is 23.8. The number of hydrogen-bond donors (Lipinski definition) is 1. The average Bonchev–Trinajstić information content (AvgIpc) is 3.26. The molecule has 0 radical (unpaired) electrons. The Morgan fingerprint density at radius 1 is 1.21 bits per heavy atom. The van der Waals surface area contributed by atoms with E-state index in [0.717, 1.165) is 17.7 Å². The molecule has 0 bridgehead atoms. The summed E-state index contributed by atoms with van der Waals surface area (Å²) in [6.45, 7) is 5.09. The number of carbonyl (C=O) groups excluding carboxylic acids is 2. The molecule has 178 valence electrons. The Labute approximate surface area is 198 Å². The zero-order valence-corrected chi connectivity index (χ0v) is 20.5. The minimum Gasteiger partial charge on any atom is -0.467 e. The zero-order chi connectivity index (χ0) is 23.6. The van der Waals surface area contributed by atoms with E-state index in [1.54, 1.807) is 30.3 Å². The maximum atomic E-state index is 13.3. The Bertz CT molecular complexity index is 1110. The van der Waals surface area contributed by atoms with Crippen LogP contribution in [0.1, 0.15) is 38.9 Å². The Balaban J connectivity index is 1.59. The van der Waals surface area contributed by atoms with Crippen LogP contribution in [0.15, 0.2) is 50.8 Å². The van der Waals surface area contributed by atoms with Crippen molar-refractivity contribution in [3.05, 3.63) is 42.4 Å². The molecule has 1 aromatic carbocycles. The Morgan fingerprint density at radius 2 is 1.97 bits per heavy atom. The van der Waals surface area contributed by atoms with E-state index in [9.17, 15) is 18.0 Å². The first-order chi connectivity index (χ1) is 15.7. The molecule has 3 heterocycles. The number of amides is 2. The summed E-state index contributed by atoms with van der Waals surface area (Å²) < 4.78 is 33.4. The monoisotopic (exact) mass is 491 g/mol. The Morgan fingerprint density at radius 3 is 2.67 bits per heavy atom. The molecule has 1 N–H and O–H groups in total. The van der Waals surface area contributed by atoms with Gasteiger partial charge in [0.15, 0.2) is 0 Å². The number of piperidine rings is 1. The zero-order valence-electron chi connectivity index (χ0n) is 18.8. The molecule has 2 amide bonds. The van der Waals surface area contributed by atoms with Crippen LogP contribution < -0.4 is 10.2 Å². The molecule has 4 rings (SSSR count). The van der Waals surface area contributed by atoms with Gasteiger partial charge in [0.2, 0.25) is 21.8 Å². The molecule has 33 heavy (non-hydrogen) atoms. The van der Waals surface area contributed by atoms with Crippen molar-refractivity contribution in [2.45, 2.75) is 54.7 Å². The van der Waals surface area contributed by atoms with E-state index in [0.29, 0.717) is 30.5 Å². The Hall–Kier alpha value is -2.30. The van der Waals surface area contributed by atoms with Crippen LogP contribution in [0.4, 0.5) is 5.69 Å². The number of furan rings is 1. The molecule has 0 aliphatic carbocycles. The van der Waals surface area contributed by atoms with Gasteiger partial charge in [-0.2, -0.15) is 4.31 Å². The van der Waals surface area contributed by atoms with Crippen LogP contribution in [0, 0.1) is 5.92 Å². The number of nitrogens with one attached hydrogen (secondary N) is 1. The Kier molecular flexibility index (Phi) is 7.16. The highest BCUT2D eigenvalue weighted by Gasteiger charge is 2.32. The lowest BCUT2D eigenvalue weighted by Gasteiger charge is -2.30. The summed E-state index contributed by atoms with van der Waals surface area (Å²) in [5.74, 6) is 0.570.